The van der Waals surface area contributed by atoms with Crippen LogP contribution in [-0.4, -0.2) is 25.9 Å². The second kappa shape index (κ2) is 8.13. The number of halogens is 1. The Morgan fingerprint density at radius 2 is 1.59 bits per heavy atom. The number of aromatic amines is 1. The lowest BCUT2D eigenvalue weighted by Gasteiger charge is -2.07. The van der Waals surface area contributed by atoms with Crippen molar-refractivity contribution in [3.63, 3.8) is 0 Å². The average Bonchev–Trinajstić information content (AvgIpc) is 3.08. The van der Waals surface area contributed by atoms with Crippen LogP contribution in [0.15, 0.2) is 66.7 Å². The third-order valence-electron chi connectivity index (χ3n) is 4.79. The van der Waals surface area contributed by atoms with Gasteiger partial charge in [-0.15, -0.1) is 0 Å². The zero-order valence-corrected chi connectivity index (χ0v) is 17.2. The molecule has 0 spiro atoms. The van der Waals surface area contributed by atoms with Crippen LogP contribution in [0.3, 0.4) is 0 Å². The van der Waals surface area contributed by atoms with Crippen molar-refractivity contribution in [3.8, 4) is 22.3 Å². The first kappa shape index (κ1) is 19.9. The quantitative estimate of drug-likeness (QED) is 0.347. The number of nitrogens with zero attached hydrogens (tertiary/aromatic N) is 1. The summed E-state index contributed by atoms with van der Waals surface area (Å²) in [5.74, 6) is 0.695. The monoisotopic (exact) mass is 426 g/mol. The predicted molar refractivity (Wildman–Crippen MR) is 117 cm³/mol. The van der Waals surface area contributed by atoms with E-state index in [0.717, 1.165) is 33.3 Å². The van der Waals surface area contributed by atoms with E-state index in [-0.39, 0.29) is 6.16 Å². The maximum atomic E-state index is 11.0. The Morgan fingerprint density at radius 3 is 2.28 bits per heavy atom. The second-order valence-corrected chi connectivity index (χ2v) is 9.15. The van der Waals surface area contributed by atoms with Crippen LogP contribution in [-0.2, 0) is 11.0 Å². The molecule has 3 N–H and O–H groups in total. The van der Waals surface area contributed by atoms with Gasteiger partial charge in [0.15, 0.2) is 0 Å². The first-order valence-corrected chi connectivity index (χ1v) is 11.5. The number of aryl methyl sites for hydroxylation is 1. The summed E-state index contributed by atoms with van der Waals surface area (Å²) in [5, 5.41) is 0.621. The fourth-order valence-corrected chi connectivity index (χ4v) is 4.19. The molecule has 0 saturated heterocycles. The summed E-state index contributed by atoms with van der Waals surface area (Å²) in [6.45, 7) is 0. The molecule has 0 amide bonds. The van der Waals surface area contributed by atoms with Crippen molar-refractivity contribution in [1.29, 1.82) is 0 Å². The van der Waals surface area contributed by atoms with Gasteiger partial charge in [0.25, 0.3) is 0 Å². The summed E-state index contributed by atoms with van der Waals surface area (Å²) < 4.78 is 11.0. The minimum atomic E-state index is -3.98. The van der Waals surface area contributed by atoms with Crippen molar-refractivity contribution in [1.82, 2.24) is 9.97 Å². The third-order valence-corrected chi connectivity index (χ3v) is 6.00. The molecule has 0 unspecified atom stereocenters. The third kappa shape index (κ3) is 4.77. The van der Waals surface area contributed by atoms with Gasteiger partial charge in [0.1, 0.15) is 5.82 Å². The molecule has 7 heteroatoms. The number of fused-ring (bicyclic) bond motifs is 1. The molecule has 4 aromatic rings. The van der Waals surface area contributed by atoms with Crippen molar-refractivity contribution >= 4 is 30.2 Å². The van der Waals surface area contributed by atoms with Gasteiger partial charge >= 0.3 is 7.60 Å². The first-order chi connectivity index (χ1) is 13.9. The molecule has 0 fully saturated rings. The summed E-state index contributed by atoms with van der Waals surface area (Å²) in [4.78, 5) is 25.7. The summed E-state index contributed by atoms with van der Waals surface area (Å²) in [6.07, 6.45) is 0.688. The van der Waals surface area contributed by atoms with Crippen LogP contribution in [0.1, 0.15) is 12.2 Å². The van der Waals surface area contributed by atoms with Crippen LogP contribution in [0.5, 0.6) is 0 Å². The van der Waals surface area contributed by atoms with Crippen molar-refractivity contribution in [2.75, 3.05) is 6.16 Å². The Bertz CT molecular complexity index is 1180. The Balaban J connectivity index is 1.59. The van der Waals surface area contributed by atoms with E-state index in [9.17, 15) is 4.57 Å². The first-order valence-electron chi connectivity index (χ1n) is 9.28. The van der Waals surface area contributed by atoms with Gasteiger partial charge in [-0.2, -0.15) is 0 Å². The van der Waals surface area contributed by atoms with Crippen LogP contribution in [0.4, 0.5) is 0 Å². The summed E-state index contributed by atoms with van der Waals surface area (Å²) in [6, 6.07) is 22.2. The molecule has 4 rings (SSSR count). The lowest BCUT2D eigenvalue weighted by atomic mass is 10.00. The molecule has 3 aromatic carbocycles. The maximum absolute atomic E-state index is 11.0. The van der Waals surface area contributed by atoms with E-state index in [0.29, 0.717) is 23.7 Å². The van der Waals surface area contributed by atoms with E-state index in [1.54, 1.807) is 0 Å². The van der Waals surface area contributed by atoms with E-state index in [1.807, 2.05) is 42.5 Å². The number of hydrogen-bond acceptors (Lipinski definition) is 2. The maximum Gasteiger partial charge on any atom is 0.325 e. The van der Waals surface area contributed by atoms with E-state index in [2.05, 4.69) is 34.2 Å². The number of hydrogen-bond donors (Lipinski definition) is 3. The van der Waals surface area contributed by atoms with Crippen molar-refractivity contribution < 1.29 is 14.4 Å². The molecule has 1 heterocycles. The minimum absolute atomic E-state index is 0.149. The summed E-state index contributed by atoms with van der Waals surface area (Å²) in [7, 11) is -3.98. The molecule has 0 saturated carbocycles. The number of rotatable bonds is 6. The highest BCUT2D eigenvalue weighted by Gasteiger charge is 2.14. The molecular weight excluding hydrogens is 407 g/mol. The highest BCUT2D eigenvalue weighted by atomic mass is 35.5. The Morgan fingerprint density at radius 1 is 0.931 bits per heavy atom. The van der Waals surface area contributed by atoms with Gasteiger partial charge < -0.3 is 14.8 Å². The molecule has 0 aliphatic carbocycles. The smallest absolute Gasteiger partial charge is 0.325 e. The van der Waals surface area contributed by atoms with Gasteiger partial charge in [0.05, 0.1) is 22.2 Å². The van der Waals surface area contributed by atoms with Gasteiger partial charge in [-0.1, -0.05) is 66.2 Å². The molecule has 0 aliphatic rings. The largest absolute Gasteiger partial charge is 0.342 e. The predicted octanol–water partition coefficient (Wildman–Crippen LogP) is 5.66. The van der Waals surface area contributed by atoms with E-state index >= 15 is 0 Å². The van der Waals surface area contributed by atoms with Gasteiger partial charge in [-0.3, -0.25) is 4.57 Å². The van der Waals surface area contributed by atoms with Crippen LogP contribution in [0.2, 0.25) is 5.02 Å². The van der Waals surface area contributed by atoms with Crippen molar-refractivity contribution in [3.05, 3.63) is 77.6 Å². The van der Waals surface area contributed by atoms with Crippen LogP contribution in [0.25, 0.3) is 33.3 Å². The van der Waals surface area contributed by atoms with E-state index in [4.69, 9.17) is 21.4 Å². The topological polar surface area (TPSA) is 86.2 Å². The Kier molecular flexibility index (Phi) is 5.57. The molecule has 0 bridgehead atoms. The lowest BCUT2D eigenvalue weighted by molar-refractivity contribution is 0.371. The summed E-state index contributed by atoms with van der Waals surface area (Å²) in [5.41, 5.74) is 5.79. The number of nitrogens with one attached hydrogen (secondary N) is 1. The Labute approximate surface area is 173 Å². The van der Waals surface area contributed by atoms with E-state index in [1.165, 1.54) is 0 Å². The molecule has 29 heavy (non-hydrogen) atoms. The van der Waals surface area contributed by atoms with Crippen LogP contribution >= 0.6 is 19.2 Å². The van der Waals surface area contributed by atoms with Crippen molar-refractivity contribution in [2.24, 2.45) is 0 Å². The molecule has 1 aromatic heterocycles. The standard InChI is InChI=1S/C22H20ClN2O3P/c23-19-14-21-20(24-22(25-21)7-4-12-29(26,27)28)13-18(19)17-10-8-16(9-11-17)15-5-2-1-3-6-15/h1-3,5-6,8-11,13-14H,4,7,12H2,(H,24,25)(H2,26,27,28). The van der Waals surface area contributed by atoms with Crippen molar-refractivity contribution in [2.45, 2.75) is 12.8 Å². The molecule has 5 nitrogen and oxygen atoms in total. The van der Waals surface area contributed by atoms with Crippen LogP contribution in [0, 0.1) is 0 Å². The number of imidazole rings is 1. The number of aromatic nitrogens is 2. The minimum Gasteiger partial charge on any atom is -0.342 e. The lowest BCUT2D eigenvalue weighted by Crippen LogP contribution is -1.93. The van der Waals surface area contributed by atoms with Gasteiger partial charge in [-0.25, -0.2) is 4.98 Å². The Hall–Kier alpha value is -2.43. The number of H-pyrrole nitrogens is 1. The number of benzene rings is 3. The van der Waals surface area contributed by atoms with E-state index < -0.39 is 7.60 Å². The zero-order valence-electron chi connectivity index (χ0n) is 15.5. The fourth-order valence-electron chi connectivity index (χ4n) is 3.35. The van der Waals surface area contributed by atoms with Gasteiger partial charge in [0.2, 0.25) is 0 Å². The fraction of sp³-hybridized carbons (Fsp3) is 0.136. The SMILES string of the molecule is O=P(O)(O)CCCc1nc2cc(-c3ccc(-c4ccccc4)cc3)c(Cl)cc2[nH]1. The molecular formula is C22H20ClN2O3P. The second-order valence-electron chi connectivity index (χ2n) is 6.97. The zero-order chi connectivity index (χ0) is 20.4. The molecule has 0 aliphatic heterocycles. The summed E-state index contributed by atoms with van der Waals surface area (Å²) >= 11 is 6.52. The highest BCUT2D eigenvalue weighted by molar-refractivity contribution is 7.51. The average molecular weight is 427 g/mol. The molecule has 148 valence electrons. The molecule has 0 atom stereocenters. The molecule has 0 radical (unpaired) electrons. The van der Waals surface area contributed by atoms with Gasteiger partial charge in [-0.05, 0) is 35.2 Å². The normalized spacial score (nSPS) is 11.8. The highest BCUT2D eigenvalue weighted by Crippen LogP contribution is 2.36. The van der Waals surface area contributed by atoms with Gasteiger partial charge in [0, 0.05) is 12.0 Å². The van der Waals surface area contributed by atoms with Crippen LogP contribution < -0.4 is 0 Å².